The van der Waals surface area contributed by atoms with Gasteiger partial charge >= 0.3 is 6.55 Å². The zero-order valence-corrected chi connectivity index (χ0v) is 20.1. The first-order chi connectivity index (χ1) is 17.9. The van der Waals surface area contributed by atoms with Gasteiger partial charge in [-0.3, -0.25) is 9.36 Å². The summed E-state index contributed by atoms with van der Waals surface area (Å²) in [6.45, 7) is 0.131. The molecule has 0 atom stereocenters. The number of fused-ring (bicyclic) bond motifs is 2. The molecule has 0 radical (unpaired) electrons. The van der Waals surface area contributed by atoms with Gasteiger partial charge in [0.2, 0.25) is 0 Å². The SMILES string of the molecule is Cc1cn(-c2cccc(F)c2)c2ncc(C(=O)N3CCC(c4nc5ccccc5n4C(F)F)CC3)cc12. The van der Waals surface area contributed by atoms with Crippen LogP contribution in [0.2, 0.25) is 0 Å². The van der Waals surface area contributed by atoms with E-state index in [1.807, 2.05) is 23.8 Å². The van der Waals surface area contributed by atoms with Gasteiger partial charge in [-0.15, -0.1) is 0 Å². The van der Waals surface area contributed by atoms with Crippen molar-refractivity contribution in [1.82, 2.24) is 24.0 Å². The van der Waals surface area contributed by atoms with E-state index in [1.165, 1.54) is 12.1 Å². The minimum Gasteiger partial charge on any atom is -0.339 e. The number of hydrogen-bond donors (Lipinski definition) is 0. The quantitative estimate of drug-likeness (QED) is 0.292. The number of amides is 1. The van der Waals surface area contributed by atoms with Crippen molar-refractivity contribution < 1.29 is 18.0 Å². The molecule has 6 rings (SSSR count). The number of alkyl halides is 2. The molecule has 6 nitrogen and oxygen atoms in total. The van der Waals surface area contributed by atoms with Crippen LogP contribution >= 0.6 is 0 Å². The van der Waals surface area contributed by atoms with E-state index in [9.17, 15) is 18.0 Å². The summed E-state index contributed by atoms with van der Waals surface area (Å²) in [6, 6.07) is 15.0. The number of nitrogens with zero attached hydrogens (tertiary/aromatic N) is 5. The van der Waals surface area contributed by atoms with E-state index in [2.05, 4.69) is 9.97 Å². The van der Waals surface area contributed by atoms with Gasteiger partial charge in [0.1, 0.15) is 17.3 Å². The molecular formula is C28H24F3N5O. The molecule has 1 aliphatic rings. The smallest absolute Gasteiger partial charge is 0.320 e. The monoisotopic (exact) mass is 503 g/mol. The molecule has 5 aromatic rings. The van der Waals surface area contributed by atoms with E-state index >= 15 is 0 Å². The summed E-state index contributed by atoms with van der Waals surface area (Å²) < 4.78 is 44.4. The molecule has 0 saturated carbocycles. The Morgan fingerprint density at radius 1 is 1.05 bits per heavy atom. The Morgan fingerprint density at radius 3 is 2.59 bits per heavy atom. The molecule has 0 aliphatic carbocycles. The van der Waals surface area contributed by atoms with Crippen molar-refractivity contribution >= 4 is 28.0 Å². The first kappa shape index (κ1) is 23.3. The summed E-state index contributed by atoms with van der Waals surface area (Å²) in [7, 11) is 0. The molecule has 188 valence electrons. The van der Waals surface area contributed by atoms with Crippen LogP contribution in [-0.4, -0.2) is 43.0 Å². The van der Waals surface area contributed by atoms with Crippen molar-refractivity contribution in [2.24, 2.45) is 0 Å². The molecule has 0 spiro atoms. The molecule has 0 N–H and O–H groups in total. The molecule has 1 amide bonds. The van der Waals surface area contributed by atoms with Crippen molar-refractivity contribution in [3.63, 3.8) is 0 Å². The summed E-state index contributed by atoms with van der Waals surface area (Å²) in [5.41, 5.74) is 3.66. The number of para-hydroxylation sites is 2. The second kappa shape index (κ2) is 9.06. The minimum absolute atomic E-state index is 0.145. The highest BCUT2D eigenvalue weighted by Gasteiger charge is 2.30. The number of piperidine rings is 1. The molecular weight excluding hydrogens is 479 g/mol. The Hall–Kier alpha value is -4.14. The number of likely N-dealkylation sites (tertiary alicyclic amines) is 1. The van der Waals surface area contributed by atoms with Gasteiger partial charge in [0.25, 0.3) is 5.91 Å². The maximum atomic E-state index is 13.9. The van der Waals surface area contributed by atoms with Crippen molar-refractivity contribution in [1.29, 1.82) is 0 Å². The van der Waals surface area contributed by atoms with E-state index < -0.39 is 6.55 Å². The summed E-state index contributed by atoms with van der Waals surface area (Å²) in [5, 5.41) is 0.815. The van der Waals surface area contributed by atoms with E-state index in [0.29, 0.717) is 59.7 Å². The predicted octanol–water partition coefficient (Wildman–Crippen LogP) is 6.24. The number of rotatable bonds is 4. The molecule has 0 bridgehead atoms. The number of imidazole rings is 1. The standard InChI is InChI=1S/C28H24F3N5O/c1-17-16-35(21-6-4-5-20(29)14-21)26-22(17)13-19(15-32-26)27(37)34-11-9-18(10-12-34)25-33-23-7-2-3-8-24(23)36(25)28(30)31/h2-8,13-16,18,28H,9-12H2,1H3. The molecule has 0 unspecified atom stereocenters. The molecule has 3 aromatic heterocycles. The van der Waals surface area contributed by atoms with Crippen LogP contribution in [0.3, 0.4) is 0 Å². The van der Waals surface area contributed by atoms with Crippen LogP contribution in [-0.2, 0) is 0 Å². The maximum Gasteiger partial charge on any atom is 0.320 e. The third kappa shape index (κ3) is 4.04. The molecule has 4 heterocycles. The van der Waals surface area contributed by atoms with E-state index in [4.69, 9.17) is 0 Å². The maximum absolute atomic E-state index is 13.9. The van der Waals surface area contributed by atoms with Crippen molar-refractivity contribution in [3.8, 4) is 5.69 Å². The van der Waals surface area contributed by atoms with E-state index in [-0.39, 0.29) is 17.6 Å². The summed E-state index contributed by atoms with van der Waals surface area (Å²) in [4.78, 5) is 24.1. The summed E-state index contributed by atoms with van der Waals surface area (Å²) in [6.07, 6.45) is 4.52. The average molecular weight is 504 g/mol. The number of pyridine rings is 1. The number of carbonyl (C=O) groups excluding carboxylic acids is 1. The zero-order valence-electron chi connectivity index (χ0n) is 20.1. The van der Waals surface area contributed by atoms with Crippen LogP contribution in [0, 0.1) is 12.7 Å². The van der Waals surface area contributed by atoms with E-state index in [0.717, 1.165) is 15.5 Å². The lowest BCUT2D eigenvalue weighted by molar-refractivity contribution is 0.0634. The first-order valence-corrected chi connectivity index (χ1v) is 12.2. The largest absolute Gasteiger partial charge is 0.339 e. The number of aryl methyl sites for hydroxylation is 1. The topological polar surface area (TPSA) is 56.0 Å². The van der Waals surface area contributed by atoms with Crippen LogP contribution < -0.4 is 0 Å². The fourth-order valence-corrected chi connectivity index (χ4v) is 5.28. The number of aromatic nitrogens is 4. The van der Waals surface area contributed by atoms with Gasteiger partial charge < -0.3 is 9.47 Å². The predicted molar refractivity (Wildman–Crippen MR) is 135 cm³/mol. The molecule has 37 heavy (non-hydrogen) atoms. The fourth-order valence-electron chi connectivity index (χ4n) is 5.28. The Morgan fingerprint density at radius 2 is 1.84 bits per heavy atom. The van der Waals surface area contributed by atoms with Crippen LogP contribution in [0.15, 0.2) is 67.0 Å². The van der Waals surface area contributed by atoms with Gasteiger partial charge in [-0.2, -0.15) is 8.78 Å². The molecule has 1 fully saturated rings. The van der Waals surface area contributed by atoms with Gasteiger partial charge in [0, 0.05) is 42.5 Å². The minimum atomic E-state index is -2.68. The molecule has 1 aliphatic heterocycles. The Balaban J connectivity index is 1.23. The van der Waals surface area contributed by atoms with Crippen LogP contribution in [0.1, 0.15) is 47.1 Å². The number of benzene rings is 2. The lowest BCUT2D eigenvalue weighted by Gasteiger charge is -2.32. The van der Waals surface area contributed by atoms with Gasteiger partial charge in [-0.05, 0) is 61.7 Å². The molecule has 1 saturated heterocycles. The highest BCUT2D eigenvalue weighted by atomic mass is 19.3. The Kier molecular flexibility index (Phi) is 5.70. The number of hydrogen-bond acceptors (Lipinski definition) is 3. The van der Waals surface area contributed by atoms with Crippen molar-refractivity contribution in [2.75, 3.05) is 13.1 Å². The second-order valence-electron chi connectivity index (χ2n) is 9.43. The van der Waals surface area contributed by atoms with Gasteiger partial charge in [0.15, 0.2) is 0 Å². The zero-order chi connectivity index (χ0) is 25.7. The van der Waals surface area contributed by atoms with Gasteiger partial charge in [0.05, 0.1) is 16.6 Å². The van der Waals surface area contributed by atoms with Crippen LogP contribution in [0.25, 0.3) is 27.8 Å². The first-order valence-electron chi connectivity index (χ1n) is 12.2. The Labute approximate surface area is 211 Å². The normalized spacial score (nSPS) is 14.8. The van der Waals surface area contributed by atoms with Crippen LogP contribution in [0.4, 0.5) is 13.2 Å². The second-order valence-corrected chi connectivity index (χ2v) is 9.43. The lowest BCUT2D eigenvalue weighted by atomic mass is 9.95. The third-order valence-corrected chi connectivity index (χ3v) is 7.14. The van der Waals surface area contributed by atoms with E-state index in [1.54, 1.807) is 47.5 Å². The molecule has 2 aromatic carbocycles. The highest BCUT2D eigenvalue weighted by molar-refractivity contribution is 5.98. The lowest BCUT2D eigenvalue weighted by Crippen LogP contribution is -2.38. The highest BCUT2D eigenvalue weighted by Crippen LogP contribution is 2.34. The molecule has 9 heteroatoms. The van der Waals surface area contributed by atoms with Gasteiger partial charge in [-0.25, -0.2) is 14.4 Å². The van der Waals surface area contributed by atoms with Crippen molar-refractivity contribution in [2.45, 2.75) is 32.2 Å². The summed E-state index contributed by atoms with van der Waals surface area (Å²) in [5.74, 6) is -0.265. The number of halogens is 3. The third-order valence-electron chi connectivity index (χ3n) is 7.14. The van der Waals surface area contributed by atoms with Crippen molar-refractivity contribution in [3.05, 3.63) is 89.8 Å². The van der Waals surface area contributed by atoms with Crippen LogP contribution in [0.5, 0.6) is 0 Å². The van der Waals surface area contributed by atoms with Gasteiger partial charge in [-0.1, -0.05) is 18.2 Å². The Bertz CT molecular complexity index is 1630. The fraction of sp³-hybridized carbons (Fsp3) is 0.250. The number of carbonyl (C=O) groups is 1. The average Bonchev–Trinajstić information content (AvgIpc) is 3.46. The summed E-state index contributed by atoms with van der Waals surface area (Å²) >= 11 is 0.